The quantitative estimate of drug-likeness (QED) is 0.946. The van der Waals surface area contributed by atoms with Crippen LogP contribution in [-0.2, 0) is 0 Å². The number of rotatable bonds is 3. The van der Waals surface area contributed by atoms with Gasteiger partial charge in [0.15, 0.2) is 0 Å². The number of hydrogen-bond donors (Lipinski definition) is 1. The number of likely N-dealkylation sites (tertiary alicyclic amines) is 1. The predicted octanol–water partition coefficient (Wildman–Crippen LogP) is 2.54. The largest absolute Gasteiger partial charge is 0.497 e. The Morgan fingerprint density at radius 1 is 1.41 bits per heavy atom. The van der Waals surface area contributed by atoms with Crippen molar-refractivity contribution < 1.29 is 19.1 Å². The smallest absolute Gasteiger partial charge is 0.257 e. The Labute approximate surface area is 129 Å². The molecule has 0 unspecified atom stereocenters. The standard InChI is InChI=1S/C17H19NO4/c1-11-15(6-7-22-11)17(20)18-10-13(19)9-16(18)12-4-3-5-14(8-12)21-2/h3-8,13,16,19H,9-10H2,1-2H3/t13-,16+/m0/s1. The van der Waals surface area contributed by atoms with Crippen LogP contribution in [0, 0.1) is 6.92 Å². The summed E-state index contributed by atoms with van der Waals surface area (Å²) in [5.41, 5.74) is 1.51. The normalized spacial score (nSPS) is 21.1. The Bertz CT molecular complexity index is 679. The van der Waals surface area contributed by atoms with Gasteiger partial charge < -0.3 is 19.2 Å². The summed E-state index contributed by atoms with van der Waals surface area (Å²) in [6, 6.07) is 9.13. The first-order chi connectivity index (χ1) is 10.6. The molecule has 3 rings (SSSR count). The van der Waals surface area contributed by atoms with Gasteiger partial charge in [-0.1, -0.05) is 12.1 Å². The molecule has 0 bridgehead atoms. The molecule has 116 valence electrons. The van der Waals surface area contributed by atoms with Crippen LogP contribution in [0.25, 0.3) is 0 Å². The van der Waals surface area contributed by atoms with E-state index in [1.807, 2.05) is 24.3 Å². The zero-order valence-corrected chi connectivity index (χ0v) is 12.7. The highest BCUT2D eigenvalue weighted by Crippen LogP contribution is 2.35. The third kappa shape index (κ3) is 2.60. The molecule has 0 aliphatic carbocycles. The first-order valence-corrected chi connectivity index (χ1v) is 7.27. The second-order valence-corrected chi connectivity index (χ2v) is 5.53. The van der Waals surface area contributed by atoms with Crippen LogP contribution >= 0.6 is 0 Å². The number of aliphatic hydroxyl groups excluding tert-OH is 1. The molecule has 1 N–H and O–H groups in total. The second kappa shape index (κ2) is 5.85. The van der Waals surface area contributed by atoms with Crippen molar-refractivity contribution in [1.29, 1.82) is 0 Å². The molecule has 0 radical (unpaired) electrons. The maximum Gasteiger partial charge on any atom is 0.257 e. The van der Waals surface area contributed by atoms with Crippen LogP contribution in [0.5, 0.6) is 5.75 Å². The van der Waals surface area contributed by atoms with E-state index in [4.69, 9.17) is 9.15 Å². The first kappa shape index (κ1) is 14.7. The number of methoxy groups -OCH3 is 1. The Balaban J connectivity index is 1.92. The van der Waals surface area contributed by atoms with Crippen LogP contribution in [0.4, 0.5) is 0 Å². The highest BCUT2D eigenvalue weighted by atomic mass is 16.5. The van der Waals surface area contributed by atoms with Crippen LogP contribution in [-0.4, -0.2) is 35.7 Å². The van der Waals surface area contributed by atoms with Crippen LogP contribution in [0.15, 0.2) is 41.0 Å². The molecule has 1 aliphatic heterocycles. The summed E-state index contributed by atoms with van der Waals surface area (Å²) in [6.07, 6.45) is 1.51. The van der Waals surface area contributed by atoms with Gasteiger partial charge in [0.2, 0.25) is 0 Å². The Morgan fingerprint density at radius 3 is 2.91 bits per heavy atom. The number of aliphatic hydroxyl groups is 1. The summed E-state index contributed by atoms with van der Waals surface area (Å²) in [7, 11) is 1.61. The molecule has 2 atom stereocenters. The van der Waals surface area contributed by atoms with E-state index in [2.05, 4.69) is 0 Å². The van der Waals surface area contributed by atoms with Gasteiger partial charge in [0.05, 0.1) is 31.1 Å². The maximum absolute atomic E-state index is 12.7. The third-order valence-electron chi connectivity index (χ3n) is 4.11. The summed E-state index contributed by atoms with van der Waals surface area (Å²) >= 11 is 0. The van der Waals surface area contributed by atoms with Crippen LogP contribution in [0.1, 0.15) is 34.1 Å². The number of ether oxygens (including phenoxy) is 1. The molecule has 1 aromatic carbocycles. The number of nitrogens with zero attached hydrogens (tertiary/aromatic N) is 1. The van der Waals surface area contributed by atoms with Crippen molar-refractivity contribution in [3.05, 3.63) is 53.5 Å². The van der Waals surface area contributed by atoms with E-state index in [-0.39, 0.29) is 11.9 Å². The minimum atomic E-state index is -0.521. The number of hydrogen-bond acceptors (Lipinski definition) is 4. The molecule has 2 aromatic rings. The van der Waals surface area contributed by atoms with E-state index in [9.17, 15) is 9.90 Å². The van der Waals surface area contributed by atoms with E-state index in [0.29, 0.717) is 24.3 Å². The molecule has 2 heterocycles. The lowest BCUT2D eigenvalue weighted by molar-refractivity contribution is 0.0714. The van der Waals surface area contributed by atoms with E-state index in [1.165, 1.54) is 6.26 Å². The fourth-order valence-corrected chi connectivity index (χ4v) is 2.96. The molecule has 0 spiro atoms. The molecule has 22 heavy (non-hydrogen) atoms. The molecule has 1 aliphatic rings. The lowest BCUT2D eigenvalue weighted by Gasteiger charge is -2.24. The van der Waals surface area contributed by atoms with Gasteiger partial charge in [0.25, 0.3) is 5.91 Å². The van der Waals surface area contributed by atoms with Crippen molar-refractivity contribution in [1.82, 2.24) is 4.90 Å². The van der Waals surface area contributed by atoms with Crippen LogP contribution < -0.4 is 4.74 Å². The number of aryl methyl sites for hydroxylation is 1. The van der Waals surface area contributed by atoms with Gasteiger partial charge in [-0.3, -0.25) is 4.79 Å². The fourth-order valence-electron chi connectivity index (χ4n) is 2.96. The summed E-state index contributed by atoms with van der Waals surface area (Å²) in [4.78, 5) is 14.4. The molecule has 1 aromatic heterocycles. The summed E-state index contributed by atoms with van der Waals surface area (Å²) in [5, 5.41) is 10.0. The van der Waals surface area contributed by atoms with Crippen molar-refractivity contribution in [2.24, 2.45) is 0 Å². The number of carbonyl (C=O) groups is 1. The van der Waals surface area contributed by atoms with E-state index in [0.717, 1.165) is 11.3 Å². The SMILES string of the molecule is COc1cccc([C@H]2C[C@H](O)CN2C(=O)c2ccoc2C)c1. The lowest BCUT2D eigenvalue weighted by atomic mass is 10.0. The van der Waals surface area contributed by atoms with Crippen molar-refractivity contribution in [3.63, 3.8) is 0 Å². The van der Waals surface area contributed by atoms with Crippen molar-refractivity contribution in [3.8, 4) is 5.75 Å². The molecule has 5 heteroatoms. The summed E-state index contributed by atoms with van der Waals surface area (Å²) in [6.45, 7) is 2.09. The third-order valence-corrected chi connectivity index (χ3v) is 4.11. The average Bonchev–Trinajstić information content (AvgIpc) is 3.12. The molecule has 1 fully saturated rings. The molecular formula is C17H19NO4. The van der Waals surface area contributed by atoms with Gasteiger partial charge in [-0.15, -0.1) is 0 Å². The molecular weight excluding hydrogens is 282 g/mol. The Hall–Kier alpha value is -2.27. The van der Waals surface area contributed by atoms with Crippen LogP contribution in [0.3, 0.4) is 0 Å². The monoisotopic (exact) mass is 301 g/mol. The zero-order chi connectivity index (χ0) is 15.7. The van der Waals surface area contributed by atoms with Crippen molar-refractivity contribution in [2.45, 2.75) is 25.5 Å². The maximum atomic E-state index is 12.7. The topological polar surface area (TPSA) is 62.9 Å². The molecule has 5 nitrogen and oxygen atoms in total. The summed E-state index contributed by atoms with van der Waals surface area (Å²) < 4.78 is 10.5. The average molecular weight is 301 g/mol. The fraction of sp³-hybridized carbons (Fsp3) is 0.353. The molecule has 0 saturated carbocycles. The number of amides is 1. The van der Waals surface area contributed by atoms with Gasteiger partial charge in [0.1, 0.15) is 11.5 Å². The second-order valence-electron chi connectivity index (χ2n) is 5.53. The highest BCUT2D eigenvalue weighted by molar-refractivity contribution is 5.95. The van der Waals surface area contributed by atoms with Crippen molar-refractivity contribution >= 4 is 5.91 Å². The van der Waals surface area contributed by atoms with E-state index in [1.54, 1.807) is 25.0 Å². The lowest BCUT2D eigenvalue weighted by Crippen LogP contribution is -2.31. The van der Waals surface area contributed by atoms with Gasteiger partial charge >= 0.3 is 0 Å². The molecule has 1 amide bonds. The number of benzene rings is 1. The number of furan rings is 1. The predicted molar refractivity (Wildman–Crippen MR) is 80.8 cm³/mol. The van der Waals surface area contributed by atoms with E-state index >= 15 is 0 Å². The van der Waals surface area contributed by atoms with Crippen molar-refractivity contribution in [2.75, 3.05) is 13.7 Å². The van der Waals surface area contributed by atoms with Gasteiger partial charge in [-0.2, -0.15) is 0 Å². The molecule has 1 saturated heterocycles. The van der Waals surface area contributed by atoms with Gasteiger partial charge in [-0.05, 0) is 37.1 Å². The Morgan fingerprint density at radius 2 is 2.23 bits per heavy atom. The van der Waals surface area contributed by atoms with Gasteiger partial charge in [0, 0.05) is 6.54 Å². The first-order valence-electron chi connectivity index (χ1n) is 7.27. The van der Waals surface area contributed by atoms with Crippen LogP contribution in [0.2, 0.25) is 0 Å². The van der Waals surface area contributed by atoms with E-state index < -0.39 is 6.10 Å². The highest BCUT2D eigenvalue weighted by Gasteiger charge is 2.36. The number of carbonyl (C=O) groups excluding carboxylic acids is 1. The summed E-state index contributed by atoms with van der Waals surface area (Å²) in [5.74, 6) is 1.22. The van der Waals surface area contributed by atoms with Gasteiger partial charge in [-0.25, -0.2) is 0 Å². The number of β-amino-alcohol motifs (C(OH)–C–C–N with tert-alkyl or cyclic N) is 1. The minimum Gasteiger partial charge on any atom is -0.497 e. The zero-order valence-electron chi connectivity index (χ0n) is 12.7. The minimum absolute atomic E-state index is 0.115. The Kier molecular flexibility index (Phi) is 3.90.